The average Bonchev–Trinajstić information content (AvgIpc) is 2.25. The molecule has 1 N–H and O–H groups in total. The SMILES string of the molecule is CC(C)(O)CN1CCCC(C(C)(C)C)CC1. The largest absolute Gasteiger partial charge is 0.389 e. The summed E-state index contributed by atoms with van der Waals surface area (Å²) in [5.74, 6) is 0.833. The van der Waals surface area contributed by atoms with Crippen LogP contribution >= 0.6 is 0 Å². The van der Waals surface area contributed by atoms with Crippen molar-refractivity contribution in [3.05, 3.63) is 0 Å². The summed E-state index contributed by atoms with van der Waals surface area (Å²) in [5, 5.41) is 9.85. The van der Waals surface area contributed by atoms with Gasteiger partial charge >= 0.3 is 0 Å². The minimum Gasteiger partial charge on any atom is -0.389 e. The lowest BCUT2D eigenvalue weighted by atomic mass is 9.77. The molecule has 0 amide bonds. The first-order chi connectivity index (χ1) is 7.18. The smallest absolute Gasteiger partial charge is 0.0718 e. The molecular formula is C14H29NO. The van der Waals surface area contributed by atoms with E-state index in [9.17, 15) is 5.11 Å². The maximum Gasteiger partial charge on any atom is 0.0718 e. The quantitative estimate of drug-likeness (QED) is 0.784. The Labute approximate surface area is 101 Å². The van der Waals surface area contributed by atoms with Gasteiger partial charge in [0.2, 0.25) is 0 Å². The Morgan fingerprint density at radius 1 is 1.06 bits per heavy atom. The van der Waals surface area contributed by atoms with E-state index in [4.69, 9.17) is 0 Å². The summed E-state index contributed by atoms with van der Waals surface area (Å²) in [7, 11) is 0. The highest BCUT2D eigenvalue weighted by atomic mass is 16.3. The second-order valence-electron chi connectivity index (χ2n) is 7.08. The molecule has 2 heteroatoms. The molecule has 0 aliphatic carbocycles. The maximum atomic E-state index is 9.85. The third kappa shape index (κ3) is 4.84. The highest BCUT2D eigenvalue weighted by Crippen LogP contribution is 2.34. The van der Waals surface area contributed by atoms with Gasteiger partial charge in [-0.25, -0.2) is 0 Å². The molecule has 1 atom stereocenters. The molecule has 2 nitrogen and oxygen atoms in total. The lowest BCUT2D eigenvalue weighted by molar-refractivity contribution is 0.0365. The molecule has 1 aliphatic rings. The number of aliphatic hydroxyl groups is 1. The molecule has 1 aliphatic heterocycles. The summed E-state index contributed by atoms with van der Waals surface area (Å²) >= 11 is 0. The first-order valence-corrected chi connectivity index (χ1v) is 6.63. The molecule has 0 aromatic heterocycles. The van der Waals surface area contributed by atoms with Gasteiger partial charge in [0.1, 0.15) is 0 Å². The van der Waals surface area contributed by atoms with Crippen LogP contribution in [0.2, 0.25) is 0 Å². The number of likely N-dealkylation sites (tertiary alicyclic amines) is 1. The molecule has 0 spiro atoms. The molecule has 0 bridgehead atoms. The summed E-state index contributed by atoms with van der Waals surface area (Å²) in [6.07, 6.45) is 3.89. The molecule has 1 saturated heterocycles. The predicted molar refractivity (Wildman–Crippen MR) is 69.5 cm³/mol. The lowest BCUT2D eigenvalue weighted by Gasteiger charge is -2.30. The summed E-state index contributed by atoms with van der Waals surface area (Å²) in [5.41, 5.74) is -0.119. The van der Waals surface area contributed by atoms with Crippen LogP contribution in [0.25, 0.3) is 0 Å². The van der Waals surface area contributed by atoms with Crippen molar-refractivity contribution in [2.24, 2.45) is 11.3 Å². The predicted octanol–water partition coefficient (Wildman–Crippen LogP) is 2.91. The standard InChI is InChI=1S/C14H29NO/c1-13(2,3)12-7-6-9-15(10-8-12)11-14(4,5)16/h12,16H,6-11H2,1-5H3. The second kappa shape index (κ2) is 5.05. The van der Waals surface area contributed by atoms with E-state index >= 15 is 0 Å². The van der Waals surface area contributed by atoms with Gasteiger partial charge in [-0.05, 0) is 57.5 Å². The van der Waals surface area contributed by atoms with Crippen LogP contribution in [0.4, 0.5) is 0 Å². The third-order valence-corrected chi connectivity index (χ3v) is 3.66. The summed E-state index contributed by atoms with van der Waals surface area (Å²) in [4.78, 5) is 2.42. The van der Waals surface area contributed by atoms with E-state index < -0.39 is 5.60 Å². The van der Waals surface area contributed by atoms with Gasteiger partial charge in [-0.2, -0.15) is 0 Å². The molecule has 0 aromatic rings. The van der Waals surface area contributed by atoms with Crippen molar-refractivity contribution < 1.29 is 5.11 Å². The average molecular weight is 227 g/mol. The van der Waals surface area contributed by atoms with Crippen molar-refractivity contribution in [3.8, 4) is 0 Å². The minimum atomic E-state index is -0.554. The first kappa shape index (κ1) is 14.0. The van der Waals surface area contributed by atoms with E-state index in [2.05, 4.69) is 25.7 Å². The molecular weight excluding hydrogens is 198 g/mol. The number of β-amino-alcohol motifs (C(OH)–C–C–N with tert-alkyl or cyclic N) is 1. The normalized spacial score (nSPS) is 25.5. The van der Waals surface area contributed by atoms with Gasteiger partial charge in [0.15, 0.2) is 0 Å². The minimum absolute atomic E-state index is 0.435. The van der Waals surface area contributed by atoms with Crippen molar-refractivity contribution in [2.75, 3.05) is 19.6 Å². The van der Waals surface area contributed by atoms with Crippen molar-refractivity contribution in [1.82, 2.24) is 4.90 Å². The Kier molecular flexibility index (Phi) is 4.42. The van der Waals surface area contributed by atoms with Gasteiger partial charge in [0, 0.05) is 6.54 Å². The Balaban J connectivity index is 2.47. The van der Waals surface area contributed by atoms with Crippen LogP contribution in [0.5, 0.6) is 0 Å². The number of rotatable bonds is 2. The highest BCUT2D eigenvalue weighted by Gasteiger charge is 2.28. The number of nitrogens with zero attached hydrogens (tertiary/aromatic N) is 1. The highest BCUT2D eigenvalue weighted by molar-refractivity contribution is 4.81. The van der Waals surface area contributed by atoms with Crippen LogP contribution < -0.4 is 0 Å². The van der Waals surface area contributed by atoms with Crippen molar-refractivity contribution in [1.29, 1.82) is 0 Å². The van der Waals surface area contributed by atoms with E-state index in [-0.39, 0.29) is 0 Å². The fourth-order valence-corrected chi connectivity index (χ4v) is 2.73. The van der Waals surface area contributed by atoms with E-state index in [1.807, 2.05) is 13.8 Å². The monoisotopic (exact) mass is 227 g/mol. The van der Waals surface area contributed by atoms with Crippen LogP contribution in [-0.2, 0) is 0 Å². The first-order valence-electron chi connectivity index (χ1n) is 6.63. The molecule has 0 radical (unpaired) electrons. The van der Waals surface area contributed by atoms with Gasteiger partial charge < -0.3 is 10.0 Å². The Hall–Kier alpha value is -0.0800. The fraction of sp³-hybridized carbons (Fsp3) is 1.00. The number of hydrogen-bond donors (Lipinski definition) is 1. The van der Waals surface area contributed by atoms with Gasteiger partial charge in [-0.15, -0.1) is 0 Å². The van der Waals surface area contributed by atoms with Crippen LogP contribution in [0.15, 0.2) is 0 Å². The molecule has 1 unspecified atom stereocenters. The molecule has 0 aromatic carbocycles. The Morgan fingerprint density at radius 3 is 2.19 bits per heavy atom. The second-order valence-corrected chi connectivity index (χ2v) is 7.08. The summed E-state index contributed by atoms with van der Waals surface area (Å²) < 4.78 is 0. The molecule has 16 heavy (non-hydrogen) atoms. The van der Waals surface area contributed by atoms with Crippen molar-refractivity contribution >= 4 is 0 Å². The molecule has 1 heterocycles. The van der Waals surface area contributed by atoms with E-state index in [0.717, 1.165) is 25.6 Å². The van der Waals surface area contributed by atoms with Crippen LogP contribution in [0.1, 0.15) is 53.9 Å². The maximum absolute atomic E-state index is 9.85. The van der Waals surface area contributed by atoms with E-state index in [1.165, 1.54) is 19.3 Å². The molecule has 1 rings (SSSR count). The molecule has 96 valence electrons. The van der Waals surface area contributed by atoms with Gasteiger partial charge in [-0.1, -0.05) is 20.8 Å². The van der Waals surface area contributed by atoms with Crippen LogP contribution in [-0.4, -0.2) is 35.2 Å². The Morgan fingerprint density at radius 2 is 1.69 bits per heavy atom. The lowest BCUT2D eigenvalue weighted by Crippen LogP contribution is -2.39. The van der Waals surface area contributed by atoms with E-state index in [0.29, 0.717) is 5.41 Å². The zero-order chi connectivity index (χ0) is 12.4. The Bertz CT molecular complexity index is 212. The number of hydrogen-bond acceptors (Lipinski definition) is 2. The molecule has 0 saturated carbocycles. The topological polar surface area (TPSA) is 23.5 Å². The fourth-order valence-electron chi connectivity index (χ4n) is 2.73. The van der Waals surface area contributed by atoms with Gasteiger partial charge in [-0.3, -0.25) is 0 Å². The summed E-state index contributed by atoms with van der Waals surface area (Å²) in [6.45, 7) is 14.0. The molecule has 1 fully saturated rings. The van der Waals surface area contributed by atoms with Crippen LogP contribution in [0, 0.1) is 11.3 Å². The van der Waals surface area contributed by atoms with Crippen molar-refractivity contribution in [3.63, 3.8) is 0 Å². The summed E-state index contributed by atoms with van der Waals surface area (Å²) in [6, 6.07) is 0. The third-order valence-electron chi connectivity index (χ3n) is 3.66. The van der Waals surface area contributed by atoms with Gasteiger partial charge in [0.05, 0.1) is 5.60 Å². The zero-order valence-corrected chi connectivity index (χ0v) is 11.7. The van der Waals surface area contributed by atoms with Gasteiger partial charge in [0.25, 0.3) is 0 Å². The zero-order valence-electron chi connectivity index (χ0n) is 11.7. The van der Waals surface area contributed by atoms with Crippen molar-refractivity contribution in [2.45, 2.75) is 59.5 Å². The van der Waals surface area contributed by atoms with E-state index in [1.54, 1.807) is 0 Å². The van der Waals surface area contributed by atoms with Crippen LogP contribution in [0.3, 0.4) is 0 Å².